The third-order valence-corrected chi connectivity index (χ3v) is 4.24. The zero-order valence-electron chi connectivity index (χ0n) is 8.09. The van der Waals surface area contributed by atoms with E-state index in [1.165, 1.54) is 0 Å². The molecule has 1 saturated heterocycles. The van der Waals surface area contributed by atoms with Crippen molar-refractivity contribution in [2.24, 2.45) is 5.92 Å². The van der Waals surface area contributed by atoms with E-state index < -0.39 is 4.33 Å². The van der Waals surface area contributed by atoms with Crippen molar-refractivity contribution in [3.8, 4) is 0 Å². The van der Waals surface area contributed by atoms with Gasteiger partial charge >= 0.3 is 0 Å². The van der Waals surface area contributed by atoms with E-state index in [0.717, 1.165) is 12.1 Å². The Morgan fingerprint density at radius 1 is 1.27 bits per heavy atom. The second kappa shape index (κ2) is 4.50. The lowest BCUT2D eigenvalue weighted by Crippen LogP contribution is -2.29. The topological polar surface area (TPSA) is 12.0 Å². The summed E-state index contributed by atoms with van der Waals surface area (Å²) in [6.07, 6.45) is 0. The van der Waals surface area contributed by atoms with Crippen LogP contribution >= 0.6 is 34.8 Å². The highest BCUT2D eigenvalue weighted by atomic mass is 35.5. The van der Waals surface area contributed by atoms with Crippen molar-refractivity contribution < 1.29 is 0 Å². The van der Waals surface area contributed by atoms with E-state index in [0.29, 0.717) is 5.88 Å². The van der Waals surface area contributed by atoms with Gasteiger partial charge in [0.15, 0.2) is 0 Å². The van der Waals surface area contributed by atoms with Gasteiger partial charge in [0.2, 0.25) is 0 Å². The van der Waals surface area contributed by atoms with Crippen LogP contribution in [0.5, 0.6) is 0 Å². The van der Waals surface area contributed by atoms with Crippen molar-refractivity contribution in [1.82, 2.24) is 5.32 Å². The summed E-state index contributed by atoms with van der Waals surface area (Å²) in [7, 11) is 0. The van der Waals surface area contributed by atoms with Gasteiger partial charge in [0.1, 0.15) is 4.33 Å². The molecular weight excluding hydrogens is 252 g/mol. The van der Waals surface area contributed by atoms with Gasteiger partial charge in [0.25, 0.3) is 0 Å². The van der Waals surface area contributed by atoms with Gasteiger partial charge in [0.05, 0.1) is 6.04 Å². The van der Waals surface area contributed by atoms with Crippen LogP contribution in [0.3, 0.4) is 0 Å². The Hall–Kier alpha value is 0.0500. The van der Waals surface area contributed by atoms with E-state index in [-0.39, 0.29) is 12.0 Å². The molecule has 1 N–H and O–H groups in total. The number of hydrogen-bond donors (Lipinski definition) is 1. The van der Waals surface area contributed by atoms with E-state index in [2.05, 4.69) is 5.32 Å². The average molecular weight is 265 g/mol. The van der Waals surface area contributed by atoms with Crippen LogP contribution in [0.4, 0.5) is 0 Å². The van der Waals surface area contributed by atoms with Gasteiger partial charge in [0, 0.05) is 18.3 Å². The van der Waals surface area contributed by atoms with Crippen LogP contribution in [0.15, 0.2) is 30.3 Å². The monoisotopic (exact) mass is 263 g/mol. The number of halogens is 3. The maximum atomic E-state index is 6.35. The molecule has 0 aliphatic carbocycles. The summed E-state index contributed by atoms with van der Waals surface area (Å²) in [6, 6.07) is 9.94. The molecule has 0 amide bonds. The molecule has 15 heavy (non-hydrogen) atoms. The third-order valence-electron chi connectivity index (χ3n) is 2.82. The van der Waals surface area contributed by atoms with Crippen LogP contribution in [0.1, 0.15) is 11.6 Å². The summed E-state index contributed by atoms with van der Waals surface area (Å²) >= 11 is 18.5. The first-order valence-electron chi connectivity index (χ1n) is 4.88. The van der Waals surface area contributed by atoms with Crippen LogP contribution in [-0.2, 0) is 0 Å². The molecule has 82 valence electrons. The van der Waals surface area contributed by atoms with E-state index >= 15 is 0 Å². The van der Waals surface area contributed by atoms with Gasteiger partial charge in [-0.15, -0.1) is 11.6 Å². The minimum absolute atomic E-state index is 0.0363. The second-order valence-corrected chi connectivity index (χ2v) is 5.53. The Labute approximate surface area is 105 Å². The Kier molecular flexibility index (Phi) is 3.46. The van der Waals surface area contributed by atoms with Crippen LogP contribution in [0.25, 0.3) is 0 Å². The minimum Gasteiger partial charge on any atom is -0.307 e. The van der Waals surface area contributed by atoms with E-state index in [4.69, 9.17) is 34.8 Å². The lowest BCUT2D eigenvalue weighted by molar-refractivity contribution is 0.571. The fraction of sp³-hybridized carbons (Fsp3) is 0.455. The molecule has 1 nitrogen and oxygen atoms in total. The molecule has 0 unspecified atom stereocenters. The van der Waals surface area contributed by atoms with Gasteiger partial charge in [-0.25, -0.2) is 0 Å². The Bertz CT molecular complexity index is 326. The molecule has 0 aromatic heterocycles. The lowest BCUT2D eigenvalue weighted by atomic mass is 10.00. The van der Waals surface area contributed by atoms with Crippen molar-refractivity contribution in [3.05, 3.63) is 35.9 Å². The van der Waals surface area contributed by atoms with Crippen LogP contribution in [-0.4, -0.2) is 16.8 Å². The largest absolute Gasteiger partial charge is 0.307 e. The highest BCUT2D eigenvalue weighted by Crippen LogP contribution is 2.46. The van der Waals surface area contributed by atoms with Crippen molar-refractivity contribution in [1.29, 1.82) is 0 Å². The first-order valence-corrected chi connectivity index (χ1v) is 6.17. The Balaban J connectivity index is 2.26. The fourth-order valence-corrected chi connectivity index (χ4v) is 3.14. The molecule has 2 atom stereocenters. The minimum atomic E-state index is -0.816. The molecule has 1 aromatic rings. The van der Waals surface area contributed by atoms with Crippen LogP contribution in [0.2, 0.25) is 0 Å². The number of benzene rings is 1. The van der Waals surface area contributed by atoms with Crippen LogP contribution < -0.4 is 5.32 Å². The van der Waals surface area contributed by atoms with Crippen molar-refractivity contribution >= 4 is 34.8 Å². The molecule has 1 aliphatic heterocycles. The molecule has 1 aliphatic rings. The number of alkyl halides is 3. The fourth-order valence-electron chi connectivity index (χ4n) is 1.91. The molecular formula is C11H12Cl3N. The SMILES string of the molecule is ClC[C@@H]1CN[C@@H](c2ccccc2)C1(Cl)Cl. The number of nitrogens with one attached hydrogen (secondary N) is 1. The third kappa shape index (κ3) is 2.12. The van der Waals surface area contributed by atoms with Gasteiger partial charge < -0.3 is 5.32 Å². The molecule has 2 rings (SSSR count). The number of rotatable bonds is 2. The molecule has 0 saturated carbocycles. The maximum absolute atomic E-state index is 6.35. The first kappa shape index (κ1) is 11.5. The first-order chi connectivity index (χ1) is 7.16. The predicted molar refractivity (Wildman–Crippen MR) is 65.8 cm³/mol. The summed E-state index contributed by atoms with van der Waals surface area (Å²) in [4.78, 5) is 0. The molecule has 0 spiro atoms. The summed E-state index contributed by atoms with van der Waals surface area (Å²) in [6.45, 7) is 0.760. The Morgan fingerprint density at radius 2 is 1.93 bits per heavy atom. The van der Waals surface area contributed by atoms with Crippen molar-refractivity contribution in [2.45, 2.75) is 10.4 Å². The molecule has 0 radical (unpaired) electrons. The summed E-state index contributed by atoms with van der Waals surface area (Å²) in [5.74, 6) is 0.566. The van der Waals surface area contributed by atoms with Crippen molar-refractivity contribution in [2.75, 3.05) is 12.4 Å². The Morgan fingerprint density at radius 3 is 2.47 bits per heavy atom. The molecule has 1 heterocycles. The molecule has 0 bridgehead atoms. The zero-order chi connectivity index (χ0) is 10.9. The molecule has 4 heteroatoms. The highest BCUT2D eigenvalue weighted by Gasteiger charge is 2.47. The summed E-state index contributed by atoms with van der Waals surface area (Å²) in [5, 5.41) is 3.32. The predicted octanol–water partition coefficient (Wildman–Crippen LogP) is 3.36. The summed E-state index contributed by atoms with van der Waals surface area (Å²) < 4.78 is -0.816. The van der Waals surface area contributed by atoms with Crippen LogP contribution in [0, 0.1) is 5.92 Å². The van der Waals surface area contributed by atoms with Gasteiger partial charge in [-0.05, 0) is 5.56 Å². The summed E-state index contributed by atoms with van der Waals surface area (Å²) in [5.41, 5.74) is 1.11. The van der Waals surface area contributed by atoms with E-state index in [1.54, 1.807) is 0 Å². The second-order valence-electron chi connectivity index (χ2n) is 3.78. The smallest absolute Gasteiger partial charge is 0.142 e. The highest BCUT2D eigenvalue weighted by molar-refractivity contribution is 6.49. The zero-order valence-corrected chi connectivity index (χ0v) is 10.4. The maximum Gasteiger partial charge on any atom is 0.142 e. The van der Waals surface area contributed by atoms with E-state index in [9.17, 15) is 0 Å². The average Bonchev–Trinajstić information content (AvgIpc) is 2.54. The standard InChI is InChI=1S/C11H12Cl3N/c12-6-9-7-15-10(11(9,13)14)8-4-2-1-3-5-8/h1-5,9-10,15H,6-7H2/t9-,10+/m1/s1. The normalized spacial score (nSPS) is 29.3. The van der Waals surface area contributed by atoms with Gasteiger partial charge in [-0.3, -0.25) is 0 Å². The molecule has 1 aromatic carbocycles. The van der Waals surface area contributed by atoms with Crippen molar-refractivity contribution in [3.63, 3.8) is 0 Å². The quantitative estimate of drug-likeness (QED) is 0.808. The lowest BCUT2D eigenvalue weighted by Gasteiger charge is -2.26. The number of hydrogen-bond acceptors (Lipinski definition) is 1. The van der Waals surface area contributed by atoms with Gasteiger partial charge in [-0.2, -0.15) is 0 Å². The van der Waals surface area contributed by atoms with Gasteiger partial charge in [-0.1, -0.05) is 53.5 Å². The van der Waals surface area contributed by atoms with E-state index in [1.807, 2.05) is 30.3 Å². The molecule has 1 fully saturated rings.